The summed E-state index contributed by atoms with van der Waals surface area (Å²) >= 11 is 0. The van der Waals surface area contributed by atoms with Crippen molar-refractivity contribution in [1.29, 1.82) is 0 Å². The fourth-order valence-corrected chi connectivity index (χ4v) is 2.70. The van der Waals surface area contributed by atoms with Crippen molar-refractivity contribution >= 4 is 17.6 Å². The van der Waals surface area contributed by atoms with E-state index in [-0.39, 0.29) is 5.91 Å². The van der Waals surface area contributed by atoms with Gasteiger partial charge in [0.1, 0.15) is 5.75 Å². The van der Waals surface area contributed by atoms with Crippen LogP contribution in [0.4, 0.5) is 5.69 Å². The maximum atomic E-state index is 12.5. The Hall–Kier alpha value is -2.86. The number of ether oxygens (including phenoxy) is 3. The van der Waals surface area contributed by atoms with Crippen molar-refractivity contribution < 1.29 is 23.8 Å². The number of aryl methyl sites for hydroxylation is 2. The number of nitrogens with one attached hydrogen (secondary N) is 1. The van der Waals surface area contributed by atoms with Crippen LogP contribution < -0.4 is 10.1 Å². The number of methoxy groups -OCH3 is 1. The molecule has 0 aliphatic carbocycles. The molecule has 0 fully saturated rings. The van der Waals surface area contributed by atoms with Crippen LogP contribution in [0.1, 0.15) is 40.9 Å². The Morgan fingerprint density at radius 1 is 1.11 bits per heavy atom. The summed E-state index contributed by atoms with van der Waals surface area (Å²) < 4.78 is 16.0. The highest BCUT2D eigenvalue weighted by Crippen LogP contribution is 2.22. The first-order valence-electron chi connectivity index (χ1n) is 9.19. The predicted octanol–water partition coefficient (Wildman–Crippen LogP) is 4.03. The zero-order valence-corrected chi connectivity index (χ0v) is 17.0. The summed E-state index contributed by atoms with van der Waals surface area (Å²) in [6, 6.07) is 10.7. The van der Waals surface area contributed by atoms with Gasteiger partial charge in [-0.1, -0.05) is 17.7 Å². The van der Waals surface area contributed by atoms with Crippen LogP contribution in [-0.2, 0) is 20.9 Å². The van der Waals surface area contributed by atoms with Crippen LogP contribution in [0.3, 0.4) is 0 Å². The summed E-state index contributed by atoms with van der Waals surface area (Å²) in [6.45, 7) is 8.20. The molecule has 0 aromatic heterocycles. The molecule has 1 amide bonds. The number of rotatable bonds is 8. The number of hydrogen-bond acceptors (Lipinski definition) is 5. The average molecular weight is 385 g/mol. The van der Waals surface area contributed by atoms with E-state index < -0.39 is 12.1 Å². The molecule has 0 aliphatic rings. The average Bonchev–Trinajstić information content (AvgIpc) is 2.67. The molecule has 0 heterocycles. The minimum absolute atomic E-state index is 0.323. The SMILES string of the molecule is CCOCc1cc(C(=O)O[C@@H](C)C(=O)Nc2ccc(C)cc2C)ccc1OC. The minimum Gasteiger partial charge on any atom is -0.496 e. The molecule has 150 valence electrons. The second-order valence-electron chi connectivity index (χ2n) is 6.52. The van der Waals surface area contributed by atoms with E-state index >= 15 is 0 Å². The molecule has 2 rings (SSSR count). The van der Waals surface area contributed by atoms with Crippen LogP contribution in [0.15, 0.2) is 36.4 Å². The number of carbonyl (C=O) groups excluding carboxylic acids is 2. The van der Waals surface area contributed by atoms with Gasteiger partial charge in [0.2, 0.25) is 0 Å². The lowest BCUT2D eigenvalue weighted by atomic mass is 10.1. The van der Waals surface area contributed by atoms with Gasteiger partial charge in [-0.25, -0.2) is 4.79 Å². The van der Waals surface area contributed by atoms with Crippen LogP contribution >= 0.6 is 0 Å². The van der Waals surface area contributed by atoms with E-state index in [9.17, 15) is 9.59 Å². The Morgan fingerprint density at radius 3 is 2.50 bits per heavy atom. The first-order valence-corrected chi connectivity index (χ1v) is 9.19. The van der Waals surface area contributed by atoms with E-state index in [4.69, 9.17) is 14.2 Å². The Morgan fingerprint density at radius 2 is 1.86 bits per heavy atom. The molecule has 0 aliphatic heterocycles. The lowest BCUT2D eigenvalue weighted by Crippen LogP contribution is -2.30. The summed E-state index contributed by atoms with van der Waals surface area (Å²) in [5, 5.41) is 2.80. The molecule has 6 heteroatoms. The van der Waals surface area contributed by atoms with Gasteiger partial charge in [0.05, 0.1) is 19.3 Å². The normalized spacial score (nSPS) is 11.6. The van der Waals surface area contributed by atoms with Gasteiger partial charge in [-0.2, -0.15) is 0 Å². The highest BCUT2D eigenvalue weighted by Gasteiger charge is 2.20. The molecule has 2 aromatic rings. The molecule has 0 bridgehead atoms. The van der Waals surface area contributed by atoms with Crippen molar-refractivity contribution in [2.75, 3.05) is 19.0 Å². The highest BCUT2D eigenvalue weighted by molar-refractivity contribution is 5.97. The van der Waals surface area contributed by atoms with Crippen molar-refractivity contribution in [1.82, 2.24) is 0 Å². The van der Waals surface area contributed by atoms with Crippen LogP contribution in [0, 0.1) is 13.8 Å². The van der Waals surface area contributed by atoms with Gasteiger partial charge in [0.15, 0.2) is 6.10 Å². The summed E-state index contributed by atoms with van der Waals surface area (Å²) in [6.07, 6.45) is -0.939. The van der Waals surface area contributed by atoms with Crippen molar-refractivity contribution in [3.63, 3.8) is 0 Å². The second kappa shape index (κ2) is 9.90. The monoisotopic (exact) mass is 385 g/mol. The van der Waals surface area contributed by atoms with Gasteiger partial charge < -0.3 is 19.5 Å². The Bertz CT molecular complexity index is 847. The fourth-order valence-electron chi connectivity index (χ4n) is 2.70. The van der Waals surface area contributed by atoms with E-state index in [0.29, 0.717) is 30.2 Å². The molecule has 2 aromatic carbocycles. The lowest BCUT2D eigenvalue weighted by molar-refractivity contribution is -0.123. The van der Waals surface area contributed by atoms with E-state index in [1.807, 2.05) is 39.0 Å². The van der Waals surface area contributed by atoms with E-state index in [2.05, 4.69) is 5.32 Å². The standard InChI is InChI=1S/C22H27NO5/c1-6-27-13-18-12-17(8-10-20(18)26-5)22(25)28-16(4)21(24)23-19-9-7-14(2)11-15(19)3/h7-12,16H,6,13H2,1-5H3,(H,23,24)/t16-/m0/s1. The Balaban J connectivity index is 2.05. The molecule has 0 saturated carbocycles. The van der Waals surface area contributed by atoms with Gasteiger partial charge in [-0.15, -0.1) is 0 Å². The third-order valence-corrected chi connectivity index (χ3v) is 4.27. The quantitative estimate of drug-likeness (QED) is 0.695. The molecule has 0 spiro atoms. The van der Waals surface area contributed by atoms with E-state index in [0.717, 1.165) is 16.7 Å². The zero-order chi connectivity index (χ0) is 20.7. The largest absolute Gasteiger partial charge is 0.496 e. The first-order chi connectivity index (χ1) is 13.3. The van der Waals surface area contributed by atoms with Crippen molar-refractivity contribution in [3.05, 3.63) is 58.7 Å². The summed E-state index contributed by atoms with van der Waals surface area (Å²) in [5.74, 6) is -0.335. The molecule has 0 unspecified atom stereocenters. The van der Waals surface area contributed by atoms with Crippen LogP contribution in [0.5, 0.6) is 5.75 Å². The smallest absolute Gasteiger partial charge is 0.338 e. The summed E-state index contributed by atoms with van der Waals surface area (Å²) in [5.41, 5.74) is 3.83. The molecule has 0 saturated heterocycles. The number of amides is 1. The Kier molecular flexibility index (Phi) is 7.58. The number of anilines is 1. The van der Waals surface area contributed by atoms with Gasteiger partial charge >= 0.3 is 5.97 Å². The van der Waals surface area contributed by atoms with Gasteiger partial charge in [-0.3, -0.25) is 4.79 Å². The predicted molar refractivity (Wildman–Crippen MR) is 108 cm³/mol. The van der Waals surface area contributed by atoms with Gasteiger partial charge in [0.25, 0.3) is 5.91 Å². The zero-order valence-electron chi connectivity index (χ0n) is 17.0. The Labute approximate surface area is 165 Å². The molecular formula is C22H27NO5. The third kappa shape index (κ3) is 5.57. The lowest BCUT2D eigenvalue weighted by Gasteiger charge is -2.16. The van der Waals surface area contributed by atoms with Crippen molar-refractivity contribution in [3.8, 4) is 5.75 Å². The van der Waals surface area contributed by atoms with E-state index in [1.165, 1.54) is 0 Å². The number of hydrogen-bond donors (Lipinski definition) is 1. The molecule has 6 nitrogen and oxygen atoms in total. The van der Waals surface area contributed by atoms with Crippen LogP contribution in [0.2, 0.25) is 0 Å². The molecule has 1 atom stereocenters. The summed E-state index contributed by atoms with van der Waals surface area (Å²) in [4.78, 5) is 24.9. The van der Waals surface area contributed by atoms with Crippen molar-refractivity contribution in [2.45, 2.75) is 40.4 Å². The molecular weight excluding hydrogens is 358 g/mol. The van der Waals surface area contributed by atoms with E-state index in [1.54, 1.807) is 32.2 Å². The fraction of sp³-hybridized carbons (Fsp3) is 0.364. The maximum absolute atomic E-state index is 12.5. The maximum Gasteiger partial charge on any atom is 0.338 e. The van der Waals surface area contributed by atoms with Crippen LogP contribution in [-0.4, -0.2) is 31.7 Å². The topological polar surface area (TPSA) is 73.9 Å². The molecule has 0 radical (unpaired) electrons. The number of esters is 1. The first kappa shape index (κ1) is 21.4. The molecule has 28 heavy (non-hydrogen) atoms. The minimum atomic E-state index is -0.939. The number of carbonyl (C=O) groups is 2. The van der Waals surface area contributed by atoms with Gasteiger partial charge in [0, 0.05) is 17.9 Å². The second-order valence-corrected chi connectivity index (χ2v) is 6.52. The third-order valence-electron chi connectivity index (χ3n) is 4.27. The highest BCUT2D eigenvalue weighted by atomic mass is 16.5. The molecule has 1 N–H and O–H groups in total. The number of benzene rings is 2. The van der Waals surface area contributed by atoms with Crippen LogP contribution in [0.25, 0.3) is 0 Å². The van der Waals surface area contributed by atoms with Crippen molar-refractivity contribution in [2.24, 2.45) is 0 Å². The summed E-state index contributed by atoms with van der Waals surface area (Å²) in [7, 11) is 1.56. The van der Waals surface area contributed by atoms with Gasteiger partial charge in [-0.05, 0) is 57.5 Å².